The lowest BCUT2D eigenvalue weighted by atomic mass is 9.95. The number of phosphoric ester groups is 1. The average Bonchev–Trinajstić information content (AvgIpc) is 3.48. The molecule has 0 radical (unpaired) electrons. The molecule has 22 N–H and O–H groups in total. The molecule has 38 nitrogen and oxygen atoms in total. The fourth-order valence-electron chi connectivity index (χ4n) is 10.6. The Bertz CT molecular complexity index is 2000. The van der Waals surface area contributed by atoms with E-state index in [1.807, 2.05) is 0 Å². The SMILES string of the molecule is O=P(O)(O)OC[C@H]1O[C@@H]2O[C@H]3[C@H](O)[C@H](O)[C@@H](O[C@H]4[C@H](O)[C@H](O)[C@@H](O[C@H]5[C@H](O)[C@@H](O)[C@@H](O[C@H]6[C@H](O)[C@@H](O)[C@@H](O[C@H]7[C@H](O)[C@@H](O)[C@@H](O[C@H]8[C@H](O)[C@@H](O)[C@@H](O[C@H]1[C@H](O)[C@H]2O)O[C@@H]8CO)O[C@@H]7CO)O[C@@H]6CO)O[C@@H]5CO)O[C@@H]4CO)O[C@@H]3CO. The Kier molecular flexibility index (Phi) is 22.3. The van der Waals surface area contributed by atoms with Crippen LogP contribution in [0, 0.1) is 0 Å². The minimum atomic E-state index is -5.43. The van der Waals surface area contributed by atoms with Crippen molar-refractivity contribution in [2.45, 2.75) is 215 Å². The van der Waals surface area contributed by atoms with Crippen molar-refractivity contribution in [1.29, 1.82) is 0 Å². The van der Waals surface area contributed by atoms with Crippen molar-refractivity contribution in [3.63, 3.8) is 0 Å². The van der Waals surface area contributed by atoms with Gasteiger partial charge in [-0.05, 0) is 0 Å². The average molecular weight is 1210 g/mol. The summed E-state index contributed by atoms with van der Waals surface area (Å²) in [4.78, 5) is 19.1. The predicted octanol–water partition coefficient (Wildman–Crippen LogP) is -15.1. The zero-order valence-corrected chi connectivity index (χ0v) is 42.9. The molecule has 21 fully saturated rings. The quantitative estimate of drug-likeness (QED) is 0.0953. The van der Waals surface area contributed by atoms with Crippen LogP contribution in [0.2, 0.25) is 0 Å². The minimum absolute atomic E-state index is 1.07. The van der Waals surface area contributed by atoms with Gasteiger partial charge in [0.1, 0.15) is 171 Å². The van der Waals surface area contributed by atoms with Crippen molar-refractivity contribution >= 4 is 7.82 Å². The number of aliphatic hydroxyl groups is 20. The van der Waals surface area contributed by atoms with Gasteiger partial charge in [0.25, 0.3) is 0 Å². The standard InChI is InChI=1S/C42H71O38P/c43-1-8-29-16(50)23(57)37(68-8)76-31-10(3-45)70-39(25(59)18(31)52)78-33-12(5-47)72-41(27(61)20(33)54)80-35-14(7-66-81(63,64)65)73-42(28(62)21(35)55)79-34-13(6-48)71-40(26(60)19(34)53)77-32-11(4-46)69-38(24(58)17(32)51)75-30-9(2-44)67-36(74-29)22(56)15(30)49/h8-62H,1-7H2,(H2,63,64,65)/t8-,9-,10-,11-,12-,13-,14-,15-,16-,17-,18-,19-,20-,21-,22-,23-,24+,25-,26+,27-,28-,29-,30-,31-,32-,33-,34-,35-,36-,37-,38-,39-,40-,41-,42-/m1/s1. The van der Waals surface area contributed by atoms with Crippen LogP contribution in [0.5, 0.6) is 0 Å². The summed E-state index contributed by atoms with van der Waals surface area (Å²) in [7, 11) is -5.43. The van der Waals surface area contributed by atoms with Crippen molar-refractivity contribution < 1.29 is 187 Å². The lowest BCUT2D eigenvalue weighted by Gasteiger charge is -2.50. The van der Waals surface area contributed by atoms with Crippen LogP contribution >= 0.6 is 7.82 Å². The molecule has 39 heteroatoms. The van der Waals surface area contributed by atoms with Crippen LogP contribution in [0.15, 0.2) is 0 Å². The van der Waals surface area contributed by atoms with Gasteiger partial charge in [-0.1, -0.05) is 0 Å². The molecule has 21 heterocycles. The monoisotopic (exact) mass is 1210 g/mol. The van der Waals surface area contributed by atoms with E-state index < -0.39 is 269 Å². The first-order chi connectivity index (χ1) is 38.3. The highest BCUT2D eigenvalue weighted by atomic mass is 31.2. The molecule has 0 spiro atoms. The molecule has 21 saturated heterocycles. The Morgan fingerprint density at radius 2 is 0.395 bits per heavy atom. The zero-order valence-electron chi connectivity index (χ0n) is 42.0. The third kappa shape index (κ3) is 13.6. The molecule has 0 aromatic rings. The van der Waals surface area contributed by atoms with Gasteiger partial charge in [0.15, 0.2) is 44.0 Å². The van der Waals surface area contributed by atoms with E-state index in [2.05, 4.69) is 4.52 Å². The molecule has 0 aromatic carbocycles. The van der Waals surface area contributed by atoms with Crippen LogP contribution < -0.4 is 0 Å². The smallest absolute Gasteiger partial charge is 0.394 e. The van der Waals surface area contributed by atoms with E-state index in [-0.39, 0.29) is 0 Å². The molecule has 0 aromatic heterocycles. The summed E-state index contributed by atoms with van der Waals surface area (Å²) in [5.41, 5.74) is 0. The fraction of sp³-hybridized carbons (Fsp3) is 1.00. The summed E-state index contributed by atoms with van der Waals surface area (Å²) < 4.78 is 95.8. The molecule has 21 aliphatic rings. The van der Waals surface area contributed by atoms with E-state index in [0.717, 1.165) is 0 Å². The van der Waals surface area contributed by atoms with Crippen molar-refractivity contribution in [3.8, 4) is 0 Å². The maximum atomic E-state index is 11.9. The molecule has 35 atom stereocenters. The van der Waals surface area contributed by atoms with Gasteiger partial charge in [0, 0.05) is 0 Å². The summed E-state index contributed by atoms with van der Waals surface area (Å²) in [5.74, 6) is 0. The van der Waals surface area contributed by atoms with E-state index in [1.165, 1.54) is 0 Å². The number of ether oxygens (including phenoxy) is 14. The van der Waals surface area contributed by atoms with Gasteiger partial charge in [-0.15, -0.1) is 0 Å². The second-order valence-electron chi connectivity index (χ2n) is 20.3. The maximum Gasteiger partial charge on any atom is 0.469 e. The summed E-state index contributed by atoms with van der Waals surface area (Å²) in [6.45, 7) is -7.83. The van der Waals surface area contributed by atoms with Crippen LogP contribution in [-0.4, -0.2) is 373 Å². The van der Waals surface area contributed by atoms with Gasteiger partial charge in [-0.3, -0.25) is 4.52 Å². The molecular formula is C42H71O38P. The third-order valence-electron chi connectivity index (χ3n) is 15.0. The zero-order chi connectivity index (χ0) is 59.3. The molecule has 0 unspecified atom stereocenters. The van der Waals surface area contributed by atoms with Crippen LogP contribution in [0.3, 0.4) is 0 Å². The Balaban J connectivity index is 1.10. The van der Waals surface area contributed by atoms with E-state index >= 15 is 0 Å². The molecule has 21 aliphatic heterocycles. The molecule has 0 amide bonds. The number of hydrogen-bond donors (Lipinski definition) is 22. The highest BCUT2D eigenvalue weighted by Gasteiger charge is 2.59. The molecule has 0 saturated carbocycles. The van der Waals surface area contributed by atoms with Crippen molar-refractivity contribution in [2.75, 3.05) is 46.2 Å². The van der Waals surface area contributed by atoms with Gasteiger partial charge in [0.2, 0.25) is 0 Å². The second kappa shape index (κ2) is 27.4. The number of phosphoric acid groups is 1. The Morgan fingerprint density at radius 1 is 0.247 bits per heavy atom. The number of aliphatic hydroxyl groups excluding tert-OH is 20. The Morgan fingerprint density at radius 3 is 0.543 bits per heavy atom. The first kappa shape index (κ1) is 65.7. The lowest BCUT2D eigenvalue weighted by molar-refractivity contribution is -0.396. The molecule has 0 aliphatic carbocycles. The van der Waals surface area contributed by atoms with E-state index in [9.17, 15) is 116 Å². The lowest BCUT2D eigenvalue weighted by Crippen LogP contribution is -2.68. The summed E-state index contributed by atoms with van der Waals surface area (Å²) in [6, 6.07) is 0. The van der Waals surface area contributed by atoms with E-state index in [0.29, 0.717) is 0 Å². The van der Waals surface area contributed by atoms with Crippen LogP contribution in [0.4, 0.5) is 0 Å². The van der Waals surface area contributed by atoms with Crippen LogP contribution in [0.25, 0.3) is 0 Å². The van der Waals surface area contributed by atoms with E-state index in [4.69, 9.17) is 66.3 Å². The third-order valence-corrected chi connectivity index (χ3v) is 15.5. The normalized spacial score (nSPS) is 53.4. The van der Waals surface area contributed by atoms with Gasteiger partial charge < -0.3 is 178 Å². The summed E-state index contributed by atoms with van der Waals surface area (Å²) in [5, 5.41) is 221. The Hall–Kier alpha value is -1.25. The second-order valence-corrected chi connectivity index (χ2v) is 21.5. The summed E-state index contributed by atoms with van der Waals surface area (Å²) in [6.07, 6.45) is -73.2. The fourth-order valence-corrected chi connectivity index (χ4v) is 10.9. The molecule has 14 bridgehead atoms. The van der Waals surface area contributed by atoms with Crippen molar-refractivity contribution in [3.05, 3.63) is 0 Å². The molecular weight excluding hydrogens is 1140 g/mol. The van der Waals surface area contributed by atoms with Gasteiger partial charge in [-0.25, -0.2) is 4.57 Å². The molecule has 81 heavy (non-hydrogen) atoms. The first-order valence-electron chi connectivity index (χ1n) is 25.4. The number of rotatable bonds is 9. The molecule has 21 rings (SSSR count). The van der Waals surface area contributed by atoms with Gasteiger partial charge in [0.05, 0.1) is 46.2 Å². The van der Waals surface area contributed by atoms with Crippen LogP contribution in [0.1, 0.15) is 0 Å². The maximum absolute atomic E-state index is 11.9. The number of hydrogen-bond acceptors (Lipinski definition) is 36. The molecule has 472 valence electrons. The predicted molar refractivity (Wildman–Crippen MR) is 239 cm³/mol. The van der Waals surface area contributed by atoms with Gasteiger partial charge >= 0.3 is 7.82 Å². The topological polar surface area (TPSA) is 601 Å². The van der Waals surface area contributed by atoms with E-state index in [1.54, 1.807) is 0 Å². The highest BCUT2D eigenvalue weighted by Crippen LogP contribution is 2.41. The minimum Gasteiger partial charge on any atom is -0.394 e. The van der Waals surface area contributed by atoms with Gasteiger partial charge in [-0.2, -0.15) is 0 Å². The van der Waals surface area contributed by atoms with Crippen molar-refractivity contribution in [2.24, 2.45) is 0 Å². The van der Waals surface area contributed by atoms with Crippen molar-refractivity contribution in [1.82, 2.24) is 0 Å². The Labute approximate surface area is 455 Å². The van der Waals surface area contributed by atoms with Crippen LogP contribution in [-0.2, 0) is 75.4 Å². The first-order valence-corrected chi connectivity index (χ1v) is 26.9. The highest BCUT2D eigenvalue weighted by molar-refractivity contribution is 7.46. The summed E-state index contributed by atoms with van der Waals surface area (Å²) >= 11 is 0. The largest absolute Gasteiger partial charge is 0.469 e.